The van der Waals surface area contributed by atoms with Crippen molar-refractivity contribution in [2.24, 2.45) is 0 Å². The molecule has 0 aliphatic carbocycles. The van der Waals surface area contributed by atoms with Gasteiger partial charge in [-0.1, -0.05) is 24.3 Å². The Kier molecular flexibility index (Phi) is 4.82. The molecule has 4 heteroatoms. The van der Waals surface area contributed by atoms with Crippen LogP contribution in [0.1, 0.15) is 11.1 Å². The lowest BCUT2D eigenvalue weighted by molar-refractivity contribution is 0.324. The van der Waals surface area contributed by atoms with E-state index in [4.69, 9.17) is 14.2 Å². The first kappa shape index (κ1) is 14.9. The van der Waals surface area contributed by atoms with Crippen molar-refractivity contribution in [2.75, 3.05) is 21.3 Å². The van der Waals surface area contributed by atoms with Gasteiger partial charge in [-0.3, -0.25) is 0 Å². The monoisotopic (exact) mass is 288 g/mol. The van der Waals surface area contributed by atoms with Crippen LogP contribution in [0.15, 0.2) is 36.4 Å². The predicted molar refractivity (Wildman–Crippen MR) is 81.4 cm³/mol. The normalized spacial score (nSPS) is 10.7. The Labute approximate surface area is 123 Å². The van der Waals surface area contributed by atoms with Gasteiger partial charge in [-0.05, 0) is 35.4 Å². The summed E-state index contributed by atoms with van der Waals surface area (Å²) < 4.78 is 28.7. The number of halogens is 1. The third kappa shape index (κ3) is 3.54. The highest BCUT2D eigenvalue weighted by atomic mass is 19.1. The zero-order chi connectivity index (χ0) is 15.2. The van der Waals surface area contributed by atoms with E-state index in [9.17, 15) is 4.39 Å². The Balaban J connectivity index is 2.33. The van der Waals surface area contributed by atoms with Crippen molar-refractivity contribution in [3.63, 3.8) is 0 Å². The molecule has 0 saturated heterocycles. The SMILES string of the molecule is COc1cc(/C=C/c2ccc(F)cc2)cc(OC)c1OC. The van der Waals surface area contributed by atoms with Crippen LogP contribution in [0.2, 0.25) is 0 Å². The van der Waals surface area contributed by atoms with Crippen molar-refractivity contribution in [3.05, 3.63) is 53.3 Å². The first-order valence-corrected chi connectivity index (χ1v) is 6.41. The van der Waals surface area contributed by atoms with Crippen molar-refractivity contribution >= 4 is 12.2 Å². The lowest BCUT2D eigenvalue weighted by atomic mass is 10.1. The molecule has 0 heterocycles. The summed E-state index contributed by atoms with van der Waals surface area (Å²) in [6.07, 6.45) is 3.79. The van der Waals surface area contributed by atoms with Crippen LogP contribution >= 0.6 is 0 Å². The molecule has 110 valence electrons. The van der Waals surface area contributed by atoms with Gasteiger partial charge < -0.3 is 14.2 Å². The van der Waals surface area contributed by atoms with Gasteiger partial charge in [0.05, 0.1) is 21.3 Å². The zero-order valence-corrected chi connectivity index (χ0v) is 12.2. The third-order valence-electron chi connectivity index (χ3n) is 3.03. The van der Waals surface area contributed by atoms with Crippen molar-refractivity contribution < 1.29 is 18.6 Å². The average molecular weight is 288 g/mol. The molecule has 0 aromatic heterocycles. The summed E-state index contributed by atoms with van der Waals surface area (Å²) in [5, 5.41) is 0. The van der Waals surface area contributed by atoms with Crippen LogP contribution in [-0.2, 0) is 0 Å². The molecule has 2 aromatic carbocycles. The molecule has 3 nitrogen and oxygen atoms in total. The van der Waals surface area contributed by atoms with E-state index in [2.05, 4.69) is 0 Å². The second kappa shape index (κ2) is 6.79. The highest BCUT2D eigenvalue weighted by Gasteiger charge is 2.11. The highest BCUT2D eigenvalue weighted by Crippen LogP contribution is 2.38. The molecule has 0 amide bonds. The standard InChI is InChI=1S/C17H17FO3/c1-19-15-10-13(11-16(20-2)17(15)21-3)5-4-12-6-8-14(18)9-7-12/h4-11H,1-3H3/b5-4+. The van der Waals surface area contributed by atoms with Gasteiger partial charge in [-0.25, -0.2) is 4.39 Å². The third-order valence-corrected chi connectivity index (χ3v) is 3.03. The number of methoxy groups -OCH3 is 3. The fourth-order valence-electron chi connectivity index (χ4n) is 1.96. The van der Waals surface area contributed by atoms with Crippen LogP contribution < -0.4 is 14.2 Å². The summed E-state index contributed by atoms with van der Waals surface area (Å²) in [5.41, 5.74) is 1.80. The number of rotatable bonds is 5. The number of ether oxygens (including phenoxy) is 3. The van der Waals surface area contributed by atoms with E-state index < -0.39 is 0 Å². The second-order valence-corrected chi connectivity index (χ2v) is 4.34. The van der Waals surface area contributed by atoms with Gasteiger partial charge in [0.1, 0.15) is 5.82 Å². The molecule has 0 aliphatic heterocycles. The molecule has 0 spiro atoms. The quantitative estimate of drug-likeness (QED) is 0.778. The van der Waals surface area contributed by atoms with Crippen LogP contribution in [0.3, 0.4) is 0 Å². The molecule has 2 rings (SSSR count). The van der Waals surface area contributed by atoms with E-state index in [1.807, 2.05) is 24.3 Å². The minimum absolute atomic E-state index is 0.250. The molecule has 2 aromatic rings. The fourth-order valence-corrected chi connectivity index (χ4v) is 1.96. The molecule has 0 saturated carbocycles. The molecule has 0 bridgehead atoms. The van der Waals surface area contributed by atoms with Crippen molar-refractivity contribution in [2.45, 2.75) is 0 Å². The van der Waals surface area contributed by atoms with E-state index >= 15 is 0 Å². The summed E-state index contributed by atoms with van der Waals surface area (Å²) >= 11 is 0. The summed E-state index contributed by atoms with van der Waals surface area (Å²) in [6.45, 7) is 0. The molecule has 0 radical (unpaired) electrons. The first-order valence-electron chi connectivity index (χ1n) is 6.41. The summed E-state index contributed by atoms with van der Waals surface area (Å²) in [6, 6.07) is 9.97. The molecular formula is C17H17FO3. The number of hydrogen-bond acceptors (Lipinski definition) is 3. The number of hydrogen-bond donors (Lipinski definition) is 0. The molecule has 21 heavy (non-hydrogen) atoms. The Morgan fingerprint density at radius 1 is 0.762 bits per heavy atom. The van der Waals surface area contributed by atoms with Crippen LogP contribution in [0.4, 0.5) is 4.39 Å². The van der Waals surface area contributed by atoms with Crippen molar-refractivity contribution in [3.8, 4) is 17.2 Å². The zero-order valence-electron chi connectivity index (χ0n) is 12.2. The summed E-state index contributed by atoms with van der Waals surface area (Å²) in [4.78, 5) is 0. The van der Waals surface area contributed by atoms with Crippen LogP contribution in [-0.4, -0.2) is 21.3 Å². The predicted octanol–water partition coefficient (Wildman–Crippen LogP) is 4.02. The van der Waals surface area contributed by atoms with Crippen molar-refractivity contribution in [1.29, 1.82) is 0 Å². The lowest BCUT2D eigenvalue weighted by Gasteiger charge is -2.12. The Hall–Kier alpha value is -2.49. The van der Waals surface area contributed by atoms with E-state index in [0.717, 1.165) is 11.1 Å². The van der Waals surface area contributed by atoms with E-state index in [0.29, 0.717) is 17.2 Å². The van der Waals surface area contributed by atoms with Crippen LogP contribution in [0, 0.1) is 5.82 Å². The minimum Gasteiger partial charge on any atom is -0.493 e. The van der Waals surface area contributed by atoms with Gasteiger partial charge in [0, 0.05) is 0 Å². The van der Waals surface area contributed by atoms with Gasteiger partial charge in [0.15, 0.2) is 11.5 Å². The fraction of sp³-hybridized carbons (Fsp3) is 0.176. The van der Waals surface area contributed by atoms with Gasteiger partial charge >= 0.3 is 0 Å². The maximum atomic E-state index is 12.9. The smallest absolute Gasteiger partial charge is 0.203 e. The molecular weight excluding hydrogens is 271 g/mol. The number of benzene rings is 2. The minimum atomic E-state index is -0.250. The first-order chi connectivity index (χ1) is 10.2. The maximum absolute atomic E-state index is 12.9. The van der Waals surface area contributed by atoms with Gasteiger partial charge in [0.25, 0.3) is 0 Å². The van der Waals surface area contributed by atoms with Crippen molar-refractivity contribution in [1.82, 2.24) is 0 Å². The van der Waals surface area contributed by atoms with Crippen LogP contribution in [0.5, 0.6) is 17.2 Å². The molecule has 0 atom stereocenters. The summed E-state index contributed by atoms with van der Waals surface area (Å²) in [5.74, 6) is 1.49. The molecule has 0 unspecified atom stereocenters. The topological polar surface area (TPSA) is 27.7 Å². The van der Waals surface area contributed by atoms with Gasteiger partial charge in [-0.2, -0.15) is 0 Å². The van der Waals surface area contributed by atoms with Gasteiger partial charge in [0.2, 0.25) is 5.75 Å². The Morgan fingerprint density at radius 3 is 1.76 bits per heavy atom. The maximum Gasteiger partial charge on any atom is 0.203 e. The van der Waals surface area contributed by atoms with Crippen LogP contribution in [0.25, 0.3) is 12.2 Å². The second-order valence-electron chi connectivity index (χ2n) is 4.34. The molecule has 0 aliphatic rings. The van der Waals surface area contributed by atoms with E-state index in [1.165, 1.54) is 12.1 Å². The summed E-state index contributed by atoms with van der Waals surface area (Å²) in [7, 11) is 4.71. The molecule has 0 N–H and O–H groups in total. The Morgan fingerprint density at radius 2 is 1.29 bits per heavy atom. The average Bonchev–Trinajstić information content (AvgIpc) is 2.53. The van der Waals surface area contributed by atoms with Gasteiger partial charge in [-0.15, -0.1) is 0 Å². The van der Waals surface area contributed by atoms with E-state index in [-0.39, 0.29) is 5.82 Å². The highest BCUT2D eigenvalue weighted by molar-refractivity contribution is 5.72. The molecule has 0 fully saturated rings. The largest absolute Gasteiger partial charge is 0.493 e. The lowest BCUT2D eigenvalue weighted by Crippen LogP contribution is -1.95. The van der Waals surface area contributed by atoms with E-state index in [1.54, 1.807) is 33.5 Å². The Bertz CT molecular complexity index is 608.